The van der Waals surface area contributed by atoms with E-state index >= 15 is 0 Å². The Morgan fingerprint density at radius 1 is 1.41 bits per heavy atom. The summed E-state index contributed by atoms with van der Waals surface area (Å²) in [5.74, 6) is 0.385. The first-order chi connectivity index (χ1) is 14.1. The van der Waals surface area contributed by atoms with Gasteiger partial charge in [-0.3, -0.25) is 4.79 Å². The maximum Gasteiger partial charge on any atom is 0.223 e. The van der Waals surface area contributed by atoms with Crippen LogP contribution < -0.4 is 19.7 Å². The summed E-state index contributed by atoms with van der Waals surface area (Å²) < 4.78 is 24.4. The first kappa shape index (κ1) is 19.5. The zero-order chi connectivity index (χ0) is 20.4. The summed E-state index contributed by atoms with van der Waals surface area (Å²) in [6.07, 6.45) is 3.50. The van der Waals surface area contributed by atoms with Gasteiger partial charge in [0.25, 0.3) is 0 Å². The van der Waals surface area contributed by atoms with Gasteiger partial charge >= 0.3 is 0 Å². The van der Waals surface area contributed by atoms with Crippen molar-refractivity contribution < 1.29 is 18.7 Å². The molecule has 1 aliphatic heterocycles. The zero-order valence-corrected chi connectivity index (χ0v) is 16.7. The number of hydrogen-bond donors (Lipinski definition) is 1. The number of nitriles is 1. The molecule has 1 aromatic carbocycles. The number of benzene rings is 1. The number of aromatic nitrogens is 1. The van der Waals surface area contributed by atoms with Gasteiger partial charge in [0.05, 0.1) is 13.3 Å². The summed E-state index contributed by atoms with van der Waals surface area (Å²) in [6.45, 7) is 1.50. The fourth-order valence-corrected chi connectivity index (χ4v) is 4.38. The molecule has 2 heterocycles. The minimum Gasteiger partial charge on any atom is -0.493 e. The molecule has 1 aromatic heterocycles. The number of methoxy groups -OCH3 is 1. The van der Waals surface area contributed by atoms with Crippen LogP contribution in [0.25, 0.3) is 0 Å². The number of hydrogen-bond acceptors (Lipinski definition) is 7. The van der Waals surface area contributed by atoms with Gasteiger partial charge in [-0.25, -0.2) is 9.37 Å². The highest BCUT2D eigenvalue weighted by Gasteiger charge is 2.38. The predicted octanol–water partition coefficient (Wildman–Crippen LogP) is 2.71. The van der Waals surface area contributed by atoms with Crippen molar-refractivity contribution in [3.8, 4) is 17.6 Å². The lowest BCUT2D eigenvalue weighted by Crippen LogP contribution is -2.47. The smallest absolute Gasteiger partial charge is 0.223 e. The van der Waals surface area contributed by atoms with E-state index in [0.29, 0.717) is 35.8 Å². The second kappa shape index (κ2) is 8.25. The van der Waals surface area contributed by atoms with Crippen molar-refractivity contribution >= 4 is 22.4 Å². The van der Waals surface area contributed by atoms with E-state index in [1.54, 1.807) is 6.20 Å². The van der Waals surface area contributed by atoms with E-state index in [4.69, 9.17) is 14.7 Å². The quantitative estimate of drug-likeness (QED) is 0.779. The number of carbonyl (C=O) groups excluding carboxylic acids is 1. The minimum atomic E-state index is -0.387. The van der Waals surface area contributed by atoms with E-state index in [-0.39, 0.29) is 29.8 Å². The topological polar surface area (TPSA) is 87.5 Å². The molecule has 1 saturated heterocycles. The minimum absolute atomic E-state index is 0.0276. The van der Waals surface area contributed by atoms with Gasteiger partial charge in [0.15, 0.2) is 16.6 Å². The number of halogens is 1. The third kappa shape index (κ3) is 4.27. The van der Waals surface area contributed by atoms with Crippen LogP contribution in [0.2, 0.25) is 0 Å². The molecule has 1 N–H and O–H groups in total. The van der Waals surface area contributed by atoms with Gasteiger partial charge in [-0.05, 0) is 31.4 Å². The van der Waals surface area contributed by atoms with Crippen molar-refractivity contribution in [3.63, 3.8) is 0 Å². The van der Waals surface area contributed by atoms with Crippen LogP contribution in [0.15, 0.2) is 24.4 Å². The lowest BCUT2D eigenvalue weighted by molar-refractivity contribution is -0.131. The average molecular weight is 416 g/mol. The molecule has 2 aromatic rings. The normalized spacial score (nSPS) is 23.2. The van der Waals surface area contributed by atoms with Crippen molar-refractivity contribution in [2.75, 3.05) is 25.1 Å². The Hall–Kier alpha value is -2.86. The maximum atomic E-state index is 13.4. The second-order valence-electron chi connectivity index (χ2n) is 7.26. The molecule has 9 heteroatoms. The molecule has 2 fully saturated rings. The monoisotopic (exact) mass is 416 g/mol. The molecule has 4 rings (SSSR count). The van der Waals surface area contributed by atoms with Crippen LogP contribution in [0.1, 0.15) is 24.1 Å². The molecule has 1 unspecified atom stereocenters. The van der Waals surface area contributed by atoms with Crippen LogP contribution in [-0.4, -0.2) is 43.2 Å². The molecule has 1 amide bonds. The zero-order valence-electron chi connectivity index (χ0n) is 15.9. The van der Waals surface area contributed by atoms with Crippen LogP contribution >= 0.6 is 11.3 Å². The highest BCUT2D eigenvalue weighted by atomic mass is 32.1. The maximum absolute atomic E-state index is 13.4. The molecule has 2 aliphatic rings. The molecule has 7 nitrogen and oxygen atoms in total. The summed E-state index contributed by atoms with van der Waals surface area (Å²) in [5.41, 5.74) is 0. The molecular formula is C20H21FN4O3S. The fourth-order valence-electron chi connectivity index (χ4n) is 3.63. The molecule has 1 saturated carbocycles. The highest BCUT2D eigenvalue weighted by molar-refractivity contribution is 7.16. The van der Waals surface area contributed by atoms with E-state index in [9.17, 15) is 9.18 Å². The third-order valence-corrected chi connectivity index (χ3v) is 6.26. The van der Waals surface area contributed by atoms with E-state index in [1.165, 1.54) is 36.6 Å². The highest BCUT2D eigenvalue weighted by Crippen LogP contribution is 2.36. The Morgan fingerprint density at radius 2 is 2.24 bits per heavy atom. The summed E-state index contributed by atoms with van der Waals surface area (Å²) in [7, 11) is 1.51. The van der Waals surface area contributed by atoms with Crippen LogP contribution in [0.4, 0.5) is 9.52 Å². The van der Waals surface area contributed by atoms with Crippen molar-refractivity contribution in [2.24, 2.45) is 5.92 Å². The van der Waals surface area contributed by atoms with Gasteiger partial charge < -0.3 is 19.7 Å². The Morgan fingerprint density at radius 3 is 2.97 bits per heavy atom. The van der Waals surface area contributed by atoms with Crippen molar-refractivity contribution in [1.82, 2.24) is 10.3 Å². The van der Waals surface area contributed by atoms with Crippen molar-refractivity contribution in [1.29, 1.82) is 5.26 Å². The number of anilines is 1. The first-order valence-corrected chi connectivity index (χ1v) is 10.3. The summed E-state index contributed by atoms with van der Waals surface area (Å²) in [6, 6.07) is 6.32. The summed E-state index contributed by atoms with van der Waals surface area (Å²) in [4.78, 5) is 19.5. The molecule has 1 aliphatic carbocycles. The number of nitrogens with one attached hydrogen (secondary N) is 1. The second-order valence-corrected chi connectivity index (χ2v) is 8.27. The molecular weight excluding hydrogens is 395 g/mol. The summed E-state index contributed by atoms with van der Waals surface area (Å²) in [5, 5.41) is 12.9. The van der Waals surface area contributed by atoms with Crippen LogP contribution in [-0.2, 0) is 4.79 Å². The third-order valence-electron chi connectivity index (χ3n) is 5.29. The molecule has 152 valence electrons. The molecule has 0 spiro atoms. The van der Waals surface area contributed by atoms with Crippen LogP contribution in [0.5, 0.6) is 11.5 Å². The average Bonchev–Trinajstić information content (AvgIpc) is 3.33. The van der Waals surface area contributed by atoms with Gasteiger partial charge in [0.1, 0.15) is 22.9 Å². The number of rotatable bonds is 6. The number of thiazole rings is 1. The fraction of sp³-hybridized carbons (Fsp3) is 0.450. The standard InChI is InChI=1S/C20H21FN4O3S/c1-27-17-3-2-13(21)8-18(17)28-15-6-12(7-15)19(26)24-14-4-5-25(11-14)20-23-10-16(9-22)29-20/h2-3,8,10,12,14-15H,4-7,11H2,1H3,(H,24,26)/t12-,14?,15-. The molecule has 0 radical (unpaired) electrons. The Balaban J connectivity index is 1.24. The molecule has 29 heavy (non-hydrogen) atoms. The van der Waals surface area contributed by atoms with Crippen LogP contribution in [0, 0.1) is 23.1 Å². The molecule has 1 atom stereocenters. The van der Waals surface area contributed by atoms with Crippen molar-refractivity contribution in [3.05, 3.63) is 35.1 Å². The number of ether oxygens (including phenoxy) is 2. The summed E-state index contributed by atoms with van der Waals surface area (Å²) >= 11 is 1.37. The predicted molar refractivity (Wildman–Crippen MR) is 106 cm³/mol. The number of amides is 1. The lowest BCUT2D eigenvalue weighted by Gasteiger charge is -2.35. The van der Waals surface area contributed by atoms with Gasteiger partial charge in [-0.1, -0.05) is 11.3 Å². The van der Waals surface area contributed by atoms with Gasteiger partial charge in [-0.15, -0.1) is 0 Å². The Kier molecular flexibility index (Phi) is 5.53. The van der Waals surface area contributed by atoms with Crippen LogP contribution in [0.3, 0.4) is 0 Å². The first-order valence-electron chi connectivity index (χ1n) is 9.47. The van der Waals surface area contributed by atoms with Gasteiger partial charge in [-0.2, -0.15) is 5.26 Å². The van der Waals surface area contributed by atoms with E-state index in [1.807, 2.05) is 0 Å². The van der Waals surface area contributed by atoms with E-state index < -0.39 is 0 Å². The molecule has 0 bridgehead atoms. The largest absolute Gasteiger partial charge is 0.493 e. The number of carbonyl (C=O) groups is 1. The van der Waals surface area contributed by atoms with Crippen molar-refractivity contribution in [2.45, 2.75) is 31.4 Å². The Labute approximate surface area is 172 Å². The lowest BCUT2D eigenvalue weighted by atomic mass is 9.81. The van der Waals surface area contributed by atoms with E-state index in [0.717, 1.165) is 18.1 Å². The number of nitrogens with zero attached hydrogens (tertiary/aromatic N) is 3. The van der Waals surface area contributed by atoms with E-state index in [2.05, 4.69) is 21.3 Å². The van der Waals surface area contributed by atoms with Gasteiger partial charge in [0, 0.05) is 31.1 Å². The Bertz CT molecular complexity index is 938. The SMILES string of the molecule is COc1ccc(F)cc1O[C@H]1C[C@H](C(=O)NC2CCN(c3ncc(C#N)s3)C2)C1. The van der Waals surface area contributed by atoms with Gasteiger partial charge in [0.2, 0.25) is 5.91 Å².